The van der Waals surface area contributed by atoms with Crippen LogP contribution in [0.4, 0.5) is 13.2 Å². The zero-order valence-corrected chi connectivity index (χ0v) is 7.40. The fourth-order valence-corrected chi connectivity index (χ4v) is 2.27. The minimum atomic E-state index is -4.53. The predicted octanol–water partition coefficient (Wildman–Crippen LogP) is 1.40. The van der Waals surface area contributed by atoms with Crippen molar-refractivity contribution in [3.8, 4) is 0 Å². The van der Waals surface area contributed by atoms with Crippen molar-refractivity contribution in [2.24, 2.45) is 0 Å². The minimum absolute atomic E-state index is 0.535. The summed E-state index contributed by atoms with van der Waals surface area (Å²) in [6.45, 7) is 0. The highest BCUT2D eigenvalue weighted by Gasteiger charge is 2.46. The molecule has 78 valence electrons. The molecule has 0 radical (unpaired) electrons. The zero-order valence-electron chi connectivity index (χ0n) is 6.58. The summed E-state index contributed by atoms with van der Waals surface area (Å²) < 4.78 is 67.2. The average Bonchev–Trinajstić information content (AvgIpc) is 1.80. The van der Waals surface area contributed by atoms with E-state index in [1.165, 1.54) is 0 Å². The number of hydrogen-bond acceptors (Lipinski definition) is 2. The number of halogens is 3. The van der Waals surface area contributed by atoms with Gasteiger partial charge in [0, 0.05) is 12.8 Å². The second kappa shape index (κ2) is 3.13. The summed E-state index contributed by atoms with van der Waals surface area (Å²) in [6, 6.07) is 0. The summed E-state index contributed by atoms with van der Waals surface area (Å²) in [6.07, 6.45) is -4.54. The molecule has 0 aromatic heterocycles. The predicted molar refractivity (Wildman–Crippen MR) is 39.0 cm³/mol. The van der Waals surface area contributed by atoms with E-state index < -0.39 is 46.7 Å². The molecule has 2 atom stereocenters. The third-order valence-electron chi connectivity index (χ3n) is 2.07. The largest absolute Gasteiger partial charge is 0.285 e. The van der Waals surface area contributed by atoms with Gasteiger partial charge in [-0.25, -0.2) is 13.2 Å². The lowest BCUT2D eigenvalue weighted by molar-refractivity contribution is -0.0569. The van der Waals surface area contributed by atoms with E-state index in [4.69, 9.17) is 4.55 Å². The van der Waals surface area contributed by atoms with Gasteiger partial charge in [0.15, 0.2) is 0 Å². The van der Waals surface area contributed by atoms with Crippen molar-refractivity contribution < 1.29 is 26.1 Å². The average molecular weight is 218 g/mol. The molecule has 0 aromatic carbocycles. The molecular weight excluding hydrogens is 209 g/mol. The maximum Gasteiger partial charge on any atom is 0.270 e. The zero-order chi connectivity index (χ0) is 10.3. The molecule has 0 saturated heterocycles. The maximum absolute atomic E-state index is 12.8. The van der Waals surface area contributed by atoms with Gasteiger partial charge in [0.1, 0.15) is 11.4 Å². The van der Waals surface area contributed by atoms with E-state index in [0.717, 1.165) is 0 Å². The van der Waals surface area contributed by atoms with E-state index in [2.05, 4.69) is 0 Å². The molecule has 1 fully saturated rings. The van der Waals surface area contributed by atoms with Crippen molar-refractivity contribution in [2.75, 3.05) is 0 Å². The van der Waals surface area contributed by atoms with Crippen LogP contribution in [-0.4, -0.2) is 30.3 Å². The van der Waals surface area contributed by atoms with Gasteiger partial charge in [-0.15, -0.1) is 0 Å². The van der Waals surface area contributed by atoms with Crippen molar-refractivity contribution in [3.05, 3.63) is 0 Å². The van der Waals surface area contributed by atoms with E-state index in [0.29, 0.717) is 0 Å². The Morgan fingerprint density at radius 3 is 2.31 bits per heavy atom. The molecule has 1 aliphatic carbocycles. The fourth-order valence-electron chi connectivity index (χ4n) is 1.39. The van der Waals surface area contributed by atoms with Crippen LogP contribution >= 0.6 is 0 Å². The molecule has 7 heteroatoms. The third-order valence-corrected chi connectivity index (χ3v) is 3.37. The highest BCUT2D eigenvalue weighted by molar-refractivity contribution is 7.86. The summed E-state index contributed by atoms with van der Waals surface area (Å²) in [7, 11) is -4.53. The van der Waals surface area contributed by atoms with Gasteiger partial charge in [0.2, 0.25) is 0 Å². The Bertz CT molecular complexity index is 287. The first-order valence-electron chi connectivity index (χ1n) is 3.70. The molecule has 1 N–H and O–H groups in total. The van der Waals surface area contributed by atoms with E-state index in [1.807, 2.05) is 0 Å². The van der Waals surface area contributed by atoms with Crippen molar-refractivity contribution in [1.29, 1.82) is 0 Å². The van der Waals surface area contributed by atoms with Crippen molar-refractivity contribution in [2.45, 2.75) is 36.6 Å². The van der Waals surface area contributed by atoms with Gasteiger partial charge in [0.05, 0.1) is 0 Å². The molecule has 0 bridgehead atoms. The van der Waals surface area contributed by atoms with Gasteiger partial charge in [0.25, 0.3) is 16.0 Å². The van der Waals surface area contributed by atoms with Crippen LogP contribution in [0.1, 0.15) is 19.3 Å². The summed E-state index contributed by atoms with van der Waals surface area (Å²) in [5.41, 5.74) is 0. The van der Waals surface area contributed by atoms with Crippen molar-refractivity contribution in [3.63, 3.8) is 0 Å². The Kier molecular flexibility index (Phi) is 2.59. The lowest BCUT2D eigenvalue weighted by atomic mass is 9.95. The van der Waals surface area contributed by atoms with Crippen LogP contribution < -0.4 is 0 Å². The van der Waals surface area contributed by atoms with E-state index in [1.54, 1.807) is 0 Å². The highest BCUT2D eigenvalue weighted by atomic mass is 32.2. The van der Waals surface area contributed by atoms with Crippen molar-refractivity contribution >= 4 is 10.1 Å². The second-order valence-corrected chi connectivity index (χ2v) is 4.80. The monoisotopic (exact) mass is 218 g/mol. The molecule has 0 heterocycles. The molecule has 1 saturated carbocycles. The van der Waals surface area contributed by atoms with Crippen LogP contribution in [0, 0.1) is 0 Å². The van der Waals surface area contributed by atoms with Crippen LogP contribution in [0.2, 0.25) is 0 Å². The minimum Gasteiger partial charge on any atom is -0.285 e. The Morgan fingerprint density at radius 1 is 1.38 bits per heavy atom. The number of alkyl halides is 3. The molecule has 0 aromatic rings. The van der Waals surface area contributed by atoms with Gasteiger partial charge >= 0.3 is 0 Å². The Morgan fingerprint density at radius 2 is 1.92 bits per heavy atom. The first-order chi connectivity index (χ1) is 5.72. The smallest absolute Gasteiger partial charge is 0.270 e. The van der Waals surface area contributed by atoms with Gasteiger partial charge in [-0.2, -0.15) is 8.42 Å². The summed E-state index contributed by atoms with van der Waals surface area (Å²) in [5, 5.41) is -1.69. The first-order valence-corrected chi connectivity index (χ1v) is 5.21. The topological polar surface area (TPSA) is 54.4 Å². The first kappa shape index (κ1) is 10.8. The molecule has 13 heavy (non-hydrogen) atoms. The standard InChI is InChI=1S/C6H9F3O3S/c7-4-3-6(8,9)2-1-5(4)13(10,11)12/h4-5H,1-3H2,(H,10,11,12). The van der Waals surface area contributed by atoms with E-state index >= 15 is 0 Å². The lowest BCUT2D eigenvalue weighted by Gasteiger charge is -2.29. The van der Waals surface area contributed by atoms with E-state index in [-0.39, 0.29) is 0 Å². The molecule has 0 spiro atoms. The SMILES string of the molecule is O=S(=O)(O)C1CCC(F)(F)CC1F. The van der Waals surface area contributed by atoms with E-state index in [9.17, 15) is 21.6 Å². The van der Waals surface area contributed by atoms with Gasteiger partial charge in [-0.05, 0) is 6.42 Å². The van der Waals surface area contributed by atoms with Crippen LogP contribution in [0.25, 0.3) is 0 Å². The van der Waals surface area contributed by atoms with Crippen LogP contribution in [0.15, 0.2) is 0 Å². The Balaban J connectivity index is 2.76. The molecule has 2 unspecified atom stereocenters. The second-order valence-electron chi connectivity index (χ2n) is 3.17. The molecule has 1 rings (SSSR count). The molecule has 0 aliphatic heterocycles. The van der Waals surface area contributed by atoms with Gasteiger partial charge in [-0.1, -0.05) is 0 Å². The van der Waals surface area contributed by atoms with Crippen LogP contribution in [-0.2, 0) is 10.1 Å². The van der Waals surface area contributed by atoms with Crippen LogP contribution in [0.5, 0.6) is 0 Å². The lowest BCUT2D eigenvalue weighted by Crippen LogP contribution is -2.41. The third kappa shape index (κ3) is 2.57. The summed E-state index contributed by atoms with van der Waals surface area (Å²) in [5.74, 6) is -3.15. The van der Waals surface area contributed by atoms with Crippen LogP contribution in [0.3, 0.4) is 0 Å². The van der Waals surface area contributed by atoms with Gasteiger partial charge < -0.3 is 0 Å². The van der Waals surface area contributed by atoms with Crippen molar-refractivity contribution in [1.82, 2.24) is 0 Å². The molecule has 3 nitrogen and oxygen atoms in total. The highest BCUT2D eigenvalue weighted by Crippen LogP contribution is 2.37. The molecule has 1 aliphatic rings. The fraction of sp³-hybridized carbons (Fsp3) is 1.00. The Labute approximate surface area is 73.7 Å². The quantitative estimate of drug-likeness (QED) is 0.677. The normalized spacial score (nSPS) is 34.5. The maximum atomic E-state index is 12.8. The summed E-state index contributed by atoms with van der Waals surface area (Å²) in [4.78, 5) is 0. The summed E-state index contributed by atoms with van der Waals surface area (Å²) >= 11 is 0. The molecular formula is C6H9F3O3S. The van der Waals surface area contributed by atoms with Gasteiger partial charge in [-0.3, -0.25) is 4.55 Å². The Hall–Kier alpha value is -0.300. The number of rotatable bonds is 1. The molecule has 0 amide bonds. The number of hydrogen-bond donors (Lipinski definition) is 1.